The number of H-pyrrole nitrogens is 1. The number of hydrogen-bond donors (Lipinski definition) is 3. The maximum absolute atomic E-state index is 4.37. The zero-order chi connectivity index (χ0) is 11.7. The number of aromatic amines is 1. The van der Waals surface area contributed by atoms with Crippen molar-refractivity contribution in [2.75, 3.05) is 10.6 Å². The molecule has 88 valence electrons. The third-order valence-electron chi connectivity index (χ3n) is 2.53. The Hall–Kier alpha value is -2.11. The van der Waals surface area contributed by atoms with Crippen LogP contribution in [0.5, 0.6) is 0 Å². The highest BCUT2D eigenvalue weighted by Gasteiger charge is 2.21. The largest absolute Gasteiger partial charge is 0.351 e. The molecule has 1 saturated carbocycles. The van der Waals surface area contributed by atoms with Crippen molar-refractivity contribution in [3.8, 4) is 0 Å². The molecule has 17 heavy (non-hydrogen) atoms. The zero-order valence-corrected chi connectivity index (χ0v) is 9.57. The summed E-state index contributed by atoms with van der Waals surface area (Å²) < 4.78 is 0. The van der Waals surface area contributed by atoms with E-state index in [4.69, 9.17) is 0 Å². The van der Waals surface area contributed by atoms with Gasteiger partial charge < -0.3 is 10.6 Å². The molecule has 0 aromatic carbocycles. The first-order valence-corrected chi connectivity index (χ1v) is 5.68. The summed E-state index contributed by atoms with van der Waals surface area (Å²) in [6.45, 7) is 1.96. The number of aryl methyl sites for hydroxylation is 1. The summed E-state index contributed by atoms with van der Waals surface area (Å²) in [6, 6.07) is 4.30. The smallest absolute Gasteiger partial charge is 0.224 e. The van der Waals surface area contributed by atoms with Gasteiger partial charge in [-0.25, -0.2) is 4.98 Å². The highest BCUT2D eigenvalue weighted by Crippen LogP contribution is 2.23. The Morgan fingerprint density at radius 3 is 2.94 bits per heavy atom. The highest BCUT2D eigenvalue weighted by atomic mass is 15.2. The van der Waals surface area contributed by atoms with Gasteiger partial charge in [-0.1, -0.05) is 0 Å². The lowest BCUT2D eigenvalue weighted by Gasteiger charge is -2.05. The molecule has 6 heteroatoms. The first kappa shape index (κ1) is 10.1. The molecule has 0 bridgehead atoms. The van der Waals surface area contributed by atoms with Gasteiger partial charge in [0.1, 0.15) is 5.82 Å². The topological polar surface area (TPSA) is 78.5 Å². The molecular weight excluding hydrogens is 216 g/mol. The predicted molar refractivity (Wildman–Crippen MR) is 65.3 cm³/mol. The van der Waals surface area contributed by atoms with Gasteiger partial charge in [0.05, 0.1) is 0 Å². The molecule has 0 spiro atoms. The third kappa shape index (κ3) is 2.52. The van der Waals surface area contributed by atoms with Crippen molar-refractivity contribution in [2.24, 2.45) is 0 Å². The summed E-state index contributed by atoms with van der Waals surface area (Å²) in [4.78, 5) is 8.55. The normalized spacial score (nSPS) is 14.6. The number of hydrogen-bond acceptors (Lipinski definition) is 5. The van der Waals surface area contributed by atoms with Crippen LogP contribution in [0.25, 0.3) is 0 Å². The molecule has 3 N–H and O–H groups in total. The van der Waals surface area contributed by atoms with Crippen LogP contribution >= 0.6 is 0 Å². The Balaban J connectivity index is 1.73. The van der Waals surface area contributed by atoms with Crippen molar-refractivity contribution >= 4 is 17.6 Å². The van der Waals surface area contributed by atoms with Crippen molar-refractivity contribution in [3.63, 3.8) is 0 Å². The van der Waals surface area contributed by atoms with Gasteiger partial charge in [-0.05, 0) is 25.8 Å². The van der Waals surface area contributed by atoms with E-state index >= 15 is 0 Å². The van der Waals surface area contributed by atoms with Crippen LogP contribution in [0.4, 0.5) is 17.6 Å². The molecule has 0 atom stereocenters. The Kier molecular flexibility index (Phi) is 2.40. The summed E-state index contributed by atoms with van der Waals surface area (Å²) >= 11 is 0. The second kappa shape index (κ2) is 4.04. The zero-order valence-electron chi connectivity index (χ0n) is 9.57. The molecule has 0 saturated heterocycles. The van der Waals surface area contributed by atoms with Crippen LogP contribution in [-0.2, 0) is 0 Å². The lowest BCUT2D eigenvalue weighted by atomic mass is 10.4. The van der Waals surface area contributed by atoms with Gasteiger partial charge in [0, 0.05) is 24.0 Å². The summed E-state index contributed by atoms with van der Waals surface area (Å²) in [7, 11) is 0. The predicted octanol–water partition coefficient (Wildman–Crippen LogP) is 1.83. The molecule has 0 radical (unpaired) electrons. The minimum atomic E-state index is 0.554. The van der Waals surface area contributed by atoms with Gasteiger partial charge >= 0.3 is 0 Å². The molecule has 0 unspecified atom stereocenters. The van der Waals surface area contributed by atoms with E-state index in [1.807, 2.05) is 19.1 Å². The van der Waals surface area contributed by atoms with Crippen LogP contribution in [-0.4, -0.2) is 26.2 Å². The average molecular weight is 230 g/mol. The second-order valence-electron chi connectivity index (χ2n) is 4.25. The summed E-state index contributed by atoms with van der Waals surface area (Å²) in [5, 5.41) is 13.4. The van der Waals surface area contributed by atoms with Gasteiger partial charge in [-0.2, -0.15) is 10.1 Å². The van der Waals surface area contributed by atoms with E-state index in [9.17, 15) is 0 Å². The lowest BCUT2D eigenvalue weighted by molar-refractivity contribution is 1.04. The molecule has 1 fully saturated rings. The summed E-state index contributed by atoms with van der Waals surface area (Å²) in [5.74, 6) is 2.18. The fraction of sp³-hybridized carbons (Fsp3) is 0.364. The van der Waals surface area contributed by atoms with Crippen molar-refractivity contribution in [3.05, 3.63) is 24.0 Å². The second-order valence-corrected chi connectivity index (χ2v) is 4.25. The number of aromatic nitrogens is 4. The standard InChI is InChI=1S/C11H14N6/c1-7-6-10(17-16-7)14-9-4-5-12-11(15-9)13-8-2-3-8/h4-6,8H,2-3H2,1H3,(H3,12,13,14,15,16,17). The van der Waals surface area contributed by atoms with Gasteiger partial charge in [-0.3, -0.25) is 5.10 Å². The molecular formula is C11H14N6. The Morgan fingerprint density at radius 1 is 1.35 bits per heavy atom. The monoisotopic (exact) mass is 230 g/mol. The average Bonchev–Trinajstić information content (AvgIpc) is 3.02. The Bertz CT molecular complexity index is 516. The van der Waals surface area contributed by atoms with E-state index in [0.717, 1.165) is 17.3 Å². The first-order valence-electron chi connectivity index (χ1n) is 5.68. The van der Waals surface area contributed by atoms with Crippen LogP contribution in [0.1, 0.15) is 18.5 Å². The fourth-order valence-corrected chi connectivity index (χ4v) is 1.52. The molecule has 2 heterocycles. The third-order valence-corrected chi connectivity index (χ3v) is 2.53. The van der Waals surface area contributed by atoms with Gasteiger partial charge in [0.15, 0.2) is 5.82 Å². The van der Waals surface area contributed by atoms with E-state index in [1.165, 1.54) is 12.8 Å². The van der Waals surface area contributed by atoms with Gasteiger partial charge in [0.2, 0.25) is 5.95 Å². The van der Waals surface area contributed by atoms with Crippen LogP contribution in [0.3, 0.4) is 0 Å². The van der Waals surface area contributed by atoms with Crippen molar-refractivity contribution < 1.29 is 0 Å². The first-order chi connectivity index (χ1) is 8.29. The van der Waals surface area contributed by atoms with Crippen molar-refractivity contribution in [1.82, 2.24) is 20.2 Å². The minimum Gasteiger partial charge on any atom is -0.351 e. The van der Waals surface area contributed by atoms with E-state index in [1.54, 1.807) is 6.20 Å². The maximum atomic E-state index is 4.37. The van der Waals surface area contributed by atoms with Gasteiger partial charge in [0.25, 0.3) is 0 Å². The van der Waals surface area contributed by atoms with Crippen molar-refractivity contribution in [2.45, 2.75) is 25.8 Å². The Morgan fingerprint density at radius 2 is 2.24 bits per heavy atom. The van der Waals surface area contributed by atoms with Crippen LogP contribution < -0.4 is 10.6 Å². The maximum Gasteiger partial charge on any atom is 0.224 e. The highest BCUT2D eigenvalue weighted by molar-refractivity contribution is 5.52. The molecule has 0 aliphatic heterocycles. The van der Waals surface area contributed by atoms with E-state index in [2.05, 4.69) is 30.8 Å². The lowest BCUT2D eigenvalue weighted by Crippen LogP contribution is -2.06. The molecule has 6 nitrogen and oxygen atoms in total. The number of rotatable bonds is 4. The van der Waals surface area contributed by atoms with Crippen LogP contribution in [0, 0.1) is 6.92 Å². The van der Waals surface area contributed by atoms with E-state index in [-0.39, 0.29) is 0 Å². The van der Waals surface area contributed by atoms with E-state index in [0.29, 0.717) is 12.0 Å². The molecule has 1 aliphatic carbocycles. The quantitative estimate of drug-likeness (QED) is 0.746. The Labute approximate surface area is 98.9 Å². The molecule has 2 aromatic rings. The number of nitrogens with one attached hydrogen (secondary N) is 3. The number of anilines is 3. The van der Waals surface area contributed by atoms with E-state index < -0.39 is 0 Å². The van der Waals surface area contributed by atoms with Crippen molar-refractivity contribution in [1.29, 1.82) is 0 Å². The molecule has 3 rings (SSSR count). The van der Waals surface area contributed by atoms with Crippen LogP contribution in [0.2, 0.25) is 0 Å². The van der Waals surface area contributed by atoms with Crippen LogP contribution in [0.15, 0.2) is 18.3 Å². The molecule has 2 aromatic heterocycles. The van der Waals surface area contributed by atoms with Gasteiger partial charge in [-0.15, -0.1) is 0 Å². The minimum absolute atomic E-state index is 0.554. The SMILES string of the molecule is Cc1cc(Nc2ccnc(NC3CC3)n2)n[nH]1. The fourth-order valence-electron chi connectivity index (χ4n) is 1.52. The summed E-state index contributed by atoms with van der Waals surface area (Å²) in [5.41, 5.74) is 1.01. The number of nitrogens with zero attached hydrogens (tertiary/aromatic N) is 3. The molecule has 0 amide bonds. The summed E-state index contributed by atoms with van der Waals surface area (Å²) in [6.07, 6.45) is 4.15. The molecule has 1 aliphatic rings.